The molecular formula is C53H46Cl2F6Zr-2. The first-order valence-electron chi connectivity index (χ1n) is 19.7. The molecule has 0 spiro atoms. The van der Waals surface area contributed by atoms with E-state index in [2.05, 4.69) is 126 Å². The van der Waals surface area contributed by atoms with Gasteiger partial charge in [-0.05, 0) is 39.5 Å². The van der Waals surface area contributed by atoms with Crippen molar-refractivity contribution in [3.05, 3.63) is 208 Å². The molecule has 0 saturated heterocycles. The normalized spacial score (nSPS) is 12.0. The molecule has 0 aliphatic heterocycles. The van der Waals surface area contributed by atoms with E-state index >= 15 is 0 Å². The van der Waals surface area contributed by atoms with Crippen LogP contribution >= 0.6 is 0 Å². The molecule has 0 radical (unpaired) electrons. The summed E-state index contributed by atoms with van der Waals surface area (Å²) >= 11 is 0.898. The average Bonchev–Trinajstić information content (AvgIpc) is 3.91. The molecule has 0 N–H and O–H groups in total. The molecule has 1 aliphatic rings. The molecule has 62 heavy (non-hydrogen) atoms. The number of hydrogen-bond donors (Lipinski definition) is 0. The van der Waals surface area contributed by atoms with Crippen molar-refractivity contribution in [2.24, 2.45) is 0 Å². The van der Waals surface area contributed by atoms with Gasteiger partial charge in [-0.25, -0.2) is 12.1 Å². The summed E-state index contributed by atoms with van der Waals surface area (Å²) in [6.07, 6.45) is -7.87. The van der Waals surface area contributed by atoms with Crippen LogP contribution in [0.1, 0.15) is 86.1 Å². The van der Waals surface area contributed by atoms with Crippen LogP contribution in [0.3, 0.4) is 0 Å². The summed E-state index contributed by atoms with van der Waals surface area (Å²) in [4.78, 5) is 0. The van der Waals surface area contributed by atoms with Gasteiger partial charge in [-0.1, -0.05) is 131 Å². The Kier molecular flexibility index (Phi) is 16.5. The number of halogens is 8. The van der Waals surface area contributed by atoms with Crippen LogP contribution in [0.25, 0.3) is 33.4 Å². The fourth-order valence-corrected chi connectivity index (χ4v) is 8.06. The first-order valence-corrected chi connectivity index (χ1v) is 20.9. The van der Waals surface area contributed by atoms with E-state index in [9.17, 15) is 26.3 Å². The van der Waals surface area contributed by atoms with Crippen molar-refractivity contribution in [1.82, 2.24) is 0 Å². The SMILES string of the molecule is CC(C)(C)c1cc2c([c-]c1-c1ccccc1)Cc1cc(-c3ccccc3)c(C(C)(C)C)cc1-2.FC(F)(F)c1ccc([C](=[Zr+2])c2ccc(C(F)(F)F)cc2)cc1.[Cl-].[Cl-].c1cc[cH-]c1. The van der Waals surface area contributed by atoms with E-state index in [4.69, 9.17) is 0 Å². The molecule has 0 fully saturated rings. The maximum Gasteiger partial charge on any atom is -0.172 e. The summed E-state index contributed by atoms with van der Waals surface area (Å²) in [7, 11) is 0. The van der Waals surface area contributed by atoms with Crippen LogP contribution in [0, 0.1) is 6.07 Å². The quantitative estimate of drug-likeness (QED) is 0.122. The van der Waals surface area contributed by atoms with Crippen molar-refractivity contribution < 1.29 is 75.4 Å². The third-order valence-electron chi connectivity index (χ3n) is 10.4. The van der Waals surface area contributed by atoms with E-state index in [0.717, 1.165) is 54.9 Å². The van der Waals surface area contributed by atoms with Gasteiger partial charge in [0.1, 0.15) is 0 Å². The zero-order chi connectivity index (χ0) is 43.5. The fraction of sp³-hybridized carbons (Fsp3) is 0.208. The Balaban J connectivity index is 0.000000252. The summed E-state index contributed by atoms with van der Waals surface area (Å²) in [5.74, 6) is 0. The zero-order valence-electron chi connectivity index (χ0n) is 35.2. The summed E-state index contributed by atoms with van der Waals surface area (Å²) in [5, 5.41) is 0. The van der Waals surface area contributed by atoms with Crippen molar-refractivity contribution in [3.8, 4) is 33.4 Å². The molecule has 0 amide bonds. The maximum atomic E-state index is 12.5. The molecule has 0 bridgehead atoms. The molecule has 0 atom stereocenters. The maximum absolute atomic E-state index is 12.5. The van der Waals surface area contributed by atoms with Crippen LogP contribution in [0.4, 0.5) is 26.3 Å². The van der Waals surface area contributed by atoms with Crippen molar-refractivity contribution >= 4 is 3.21 Å². The Hall–Kier alpha value is -4.42. The Morgan fingerprint density at radius 2 is 0.952 bits per heavy atom. The second-order valence-electron chi connectivity index (χ2n) is 16.9. The first-order chi connectivity index (χ1) is 28.2. The first kappa shape index (κ1) is 50.2. The molecule has 0 heterocycles. The predicted molar refractivity (Wildman–Crippen MR) is 230 cm³/mol. The number of rotatable bonds is 4. The summed E-state index contributed by atoms with van der Waals surface area (Å²) in [5.41, 5.74) is 13.1. The van der Waals surface area contributed by atoms with Gasteiger partial charge < -0.3 is 24.8 Å². The van der Waals surface area contributed by atoms with Gasteiger partial charge in [-0.15, -0.1) is 28.8 Å². The molecule has 0 saturated carbocycles. The number of benzene rings is 6. The third-order valence-corrected chi connectivity index (χ3v) is 11.8. The van der Waals surface area contributed by atoms with Crippen molar-refractivity contribution in [2.75, 3.05) is 0 Å². The number of fused-ring (bicyclic) bond motifs is 3. The van der Waals surface area contributed by atoms with Crippen molar-refractivity contribution in [3.63, 3.8) is 0 Å². The molecule has 1 aliphatic carbocycles. The van der Waals surface area contributed by atoms with E-state index in [1.807, 2.05) is 30.3 Å². The fourth-order valence-electron chi connectivity index (χ4n) is 7.24. The van der Waals surface area contributed by atoms with Gasteiger partial charge in [-0.2, -0.15) is 18.2 Å². The van der Waals surface area contributed by atoms with Gasteiger partial charge in [0, 0.05) is 0 Å². The van der Waals surface area contributed by atoms with Crippen LogP contribution < -0.4 is 24.8 Å². The Morgan fingerprint density at radius 1 is 0.516 bits per heavy atom. The molecule has 0 nitrogen and oxygen atoms in total. The monoisotopic (exact) mass is 956 g/mol. The van der Waals surface area contributed by atoms with Gasteiger partial charge in [0.2, 0.25) is 0 Å². The predicted octanol–water partition coefficient (Wildman–Crippen LogP) is 9.24. The Labute approximate surface area is 389 Å². The summed E-state index contributed by atoms with van der Waals surface area (Å²) < 4.78 is 75.6. The van der Waals surface area contributed by atoms with Gasteiger partial charge in [0.05, 0.1) is 0 Å². The van der Waals surface area contributed by atoms with Gasteiger partial charge >= 0.3 is 137 Å². The summed E-state index contributed by atoms with van der Waals surface area (Å²) in [6.45, 7) is 13.9. The second-order valence-corrected chi connectivity index (χ2v) is 18.1. The topological polar surface area (TPSA) is 0 Å². The van der Waals surface area contributed by atoms with Crippen molar-refractivity contribution in [1.29, 1.82) is 0 Å². The minimum atomic E-state index is -4.41. The van der Waals surface area contributed by atoms with Crippen molar-refractivity contribution in [2.45, 2.75) is 71.1 Å². The van der Waals surface area contributed by atoms with Gasteiger partial charge in [0.15, 0.2) is 0 Å². The zero-order valence-corrected chi connectivity index (χ0v) is 39.2. The third kappa shape index (κ3) is 12.2. The molecule has 8 rings (SSSR count). The van der Waals surface area contributed by atoms with Crippen LogP contribution in [0.2, 0.25) is 0 Å². The van der Waals surface area contributed by atoms with Gasteiger partial charge in [0.25, 0.3) is 0 Å². The van der Waals surface area contributed by atoms with Crippen LogP contribution in [0.5, 0.6) is 0 Å². The molecule has 0 aromatic heterocycles. The number of hydrogen-bond acceptors (Lipinski definition) is 0. The van der Waals surface area contributed by atoms with E-state index < -0.39 is 23.5 Å². The van der Waals surface area contributed by atoms with Crippen LogP contribution in [0.15, 0.2) is 158 Å². The van der Waals surface area contributed by atoms with E-state index in [-0.39, 0.29) is 35.6 Å². The molecule has 7 aromatic carbocycles. The van der Waals surface area contributed by atoms with Gasteiger partial charge in [-0.3, -0.25) is 0 Å². The molecule has 7 aromatic rings. The van der Waals surface area contributed by atoms with E-state index in [0.29, 0.717) is 14.3 Å². The molecule has 0 unspecified atom stereocenters. The smallest absolute Gasteiger partial charge is 0.172 e. The molecule has 320 valence electrons. The molecule has 9 heteroatoms. The minimum absolute atomic E-state index is 0. The second kappa shape index (κ2) is 20.4. The number of alkyl halides is 6. The Bertz CT molecular complexity index is 2350. The molecular weight excluding hydrogens is 913 g/mol. The average molecular weight is 959 g/mol. The Morgan fingerprint density at radius 3 is 1.35 bits per heavy atom. The largest absolute Gasteiger partial charge is 1.00 e. The van der Waals surface area contributed by atoms with E-state index in [1.54, 1.807) is 0 Å². The van der Waals surface area contributed by atoms with E-state index in [1.165, 1.54) is 79.9 Å². The van der Waals surface area contributed by atoms with Crippen LogP contribution in [-0.2, 0) is 53.8 Å². The van der Waals surface area contributed by atoms with Crippen LogP contribution in [-0.4, -0.2) is 3.21 Å². The minimum Gasteiger partial charge on any atom is -1.00 e. The summed E-state index contributed by atoms with van der Waals surface area (Å²) in [6, 6.07) is 52.0. The standard InChI is InChI=1S/C33H33.C15H8F6.C5H5.2ClH.Zr/c1-32(2,3)30-20-26-24(18-28(30)22-13-9-7-10-14-22)17-25-19-29(23-15-11-8-12-16-23)31(21-27(25)26)33(4,5)6;16-14(17,18)12-5-1-10(2-6-12)9-11-3-7-13(8-4-11)15(19,20)21;1-2-4-5-3-1;;;/h7-16,18,20-21H,17H2,1-6H3;1-8H;1-5H;2*1H;/q-1;;-1;;;+2/p-2.